The van der Waals surface area contributed by atoms with Crippen LogP contribution < -0.4 is 10.6 Å². The highest BCUT2D eigenvalue weighted by Crippen LogP contribution is 2.29. The van der Waals surface area contributed by atoms with Crippen LogP contribution in [0.1, 0.15) is 62.9 Å². The molecule has 0 saturated carbocycles. The number of aryl methyl sites for hydroxylation is 3. The van der Waals surface area contributed by atoms with Gasteiger partial charge in [-0.3, -0.25) is 9.59 Å². The fourth-order valence-electron chi connectivity index (χ4n) is 5.75. The van der Waals surface area contributed by atoms with Crippen LogP contribution in [0.5, 0.6) is 0 Å². The van der Waals surface area contributed by atoms with Crippen LogP contribution in [-0.2, 0) is 25.9 Å². The summed E-state index contributed by atoms with van der Waals surface area (Å²) in [4.78, 5) is 31.9. The van der Waals surface area contributed by atoms with Crippen molar-refractivity contribution in [3.05, 3.63) is 125 Å². The van der Waals surface area contributed by atoms with Gasteiger partial charge in [-0.25, -0.2) is 0 Å². The Morgan fingerprint density at radius 2 is 1.66 bits per heavy atom. The SMILES string of the molecule is CCCCN(C(=O)c1cc(C)n(CCc2ccccc2)c1)c1ccccc1C(=O)N1Cc2ccccc2C[C@H]1CN. The minimum Gasteiger partial charge on any atom is -0.351 e. The molecule has 2 amide bonds. The predicted octanol–water partition coefficient (Wildman–Crippen LogP) is 6.01. The highest BCUT2D eigenvalue weighted by molar-refractivity contribution is 6.10. The monoisotopic (exact) mass is 548 g/mol. The first-order valence-corrected chi connectivity index (χ1v) is 14.7. The van der Waals surface area contributed by atoms with Crippen molar-refractivity contribution in [3.63, 3.8) is 0 Å². The number of amides is 2. The number of hydrogen-bond donors (Lipinski definition) is 1. The molecular formula is C35H40N4O2. The van der Waals surface area contributed by atoms with Crippen LogP contribution in [0.15, 0.2) is 91.1 Å². The molecule has 1 aromatic heterocycles. The number of rotatable bonds is 10. The Hall–Kier alpha value is -4.16. The molecule has 0 aliphatic carbocycles. The molecule has 2 N–H and O–H groups in total. The first kappa shape index (κ1) is 28.4. The molecule has 212 valence electrons. The van der Waals surface area contributed by atoms with Gasteiger partial charge in [0, 0.05) is 44.1 Å². The number of anilines is 1. The average Bonchev–Trinajstić information content (AvgIpc) is 3.39. The summed E-state index contributed by atoms with van der Waals surface area (Å²) in [6.07, 6.45) is 5.35. The lowest BCUT2D eigenvalue weighted by atomic mass is 9.93. The molecule has 4 aromatic rings. The number of nitrogens with zero attached hydrogens (tertiary/aromatic N) is 3. The third-order valence-corrected chi connectivity index (χ3v) is 8.14. The number of carbonyl (C=O) groups is 2. The number of fused-ring (bicyclic) bond motifs is 1. The zero-order valence-corrected chi connectivity index (χ0v) is 24.1. The number of nitrogens with two attached hydrogens (primary N) is 1. The third kappa shape index (κ3) is 6.28. The molecule has 0 fully saturated rings. The van der Waals surface area contributed by atoms with Crippen molar-refractivity contribution in [2.45, 2.75) is 58.7 Å². The van der Waals surface area contributed by atoms with Crippen molar-refractivity contribution in [3.8, 4) is 0 Å². The van der Waals surface area contributed by atoms with Gasteiger partial charge in [0.05, 0.1) is 16.8 Å². The van der Waals surface area contributed by atoms with Gasteiger partial charge < -0.3 is 20.1 Å². The van der Waals surface area contributed by atoms with Gasteiger partial charge in [-0.05, 0) is 61.1 Å². The molecule has 2 heterocycles. The zero-order valence-electron chi connectivity index (χ0n) is 24.1. The average molecular weight is 549 g/mol. The van der Waals surface area contributed by atoms with Gasteiger partial charge in [-0.2, -0.15) is 0 Å². The van der Waals surface area contributed by atoms with Gasteiger partial charge in [0.2, 0.25) is 0 Å². The van der Waals surface area contributed by atoms with Crippen molar-refractivity contribution >= 4 is 17.5 Å². The van der Waals surface area contributed by atoms with E-state index in [1.807, 2.05) is 66.6 Å². The largest absolute Gasteiger partial charge is 0.351 e. The number of hydrogen-bond acceptors (Lipinski definition) is 3. The van der Waals surface area contributed by atoms with E-state index in [2.05, 4.69) is 47.9 Å². The van der Waals surface area contributed by atoms with Crippen LogP contribution in [0.3, 0.4) is 0 Å². The zero-order chi connectivity index (χ0) is 28.8. The molecule has 1 atom stereocenters. The molecule has 0 bridgehead atoms. The maximum absolute atomic E-state index is 14.1. The summed E-state index contributed by atoms with van der Waals surface area (Å²) < 4.78 is 2.15. The van der Waals surface area contributed by atoms with Crippen molar-refractivity contribution in [1.82, 2.24) is 9.47 Å². The maximum Gasteiger partial charge on any atom is 0.259 e. The number of carbonyl (C=O) groups excluding carboxylic acids is 2. The lowest BCUT2D eigenvalue weighted by Crippen LogP contribution is -2.48. The molecule has 0 unspecified atom stereocenters. The molecule has 6 heteroatoms. The minimum atomic E-state index is -0.0912. The van der Waals surface area contributed by atoms with Crippen molar-refractivity contribution in [1.29, 1.82) is 0 Å². The maximum atomic E-state index is 14.1. The second-order valence-electron chi connectivity index (χ2n) is 10.9. The Bertz CT molecular complexity index is 1490. The lowest BCUT2D eigenvalue weighted by Gasteiger charge is -2.37. The van der Waals surface area contributed by atoms with E-state index in [1.165, 1.54) is 11.1 Å². The van der Waals surface area contributed by atoms with E-state index in [4.69, 9.17) is 5.73 Å². The summed E-state index contributed by atoms with van der Waals surface area (Å²) in [7, 11) is 0. The van der Waals surface area contributed by atoms with E-state index in [0.717, 1.165) is 43.5 Å². The fraction of sp³-hybridized carbons (Fsp3) is 0.314. The Morgan fingerprint density at radius 3 is 2.41 bits per heavy atom. The molecule has 1 aliphatic rings. The molecular weight excluding hydrogens is 508 g/mol. The van der Waals surface area contributed by atoms with Gasteiger partial charge in [-0.1, -0.05) is 80.1 Å². The molecule has 3 aromatic carbocycles. The van der Waals surface area contributed by atoms with Gasteiger partial charge in [0.25, 0.3) is 11.8 Å². The van der Waals surface area contributed by atoms with Crippen LogP contribution in [0, 0.1) is 6.92 Å². The summed E-state index contributed by atoms with van der Waals surface area (Å²) in [6.45, 7) is 6.38. The van der Waals surface area contributed by atoms with Crippen molar-refractivity contribution < 1.29 is 9.59 Å². The number of unbranched alkanes of at least 4 members (excludes halogenated alkanes) is 1. The number of para-hydroxylation sites is 1. The van der Waals surface area contributed by atoms with E-state index < -0.39 is 0 Å². The standard InChI is InChI=1S/C35H40N4O2/c1-3-4-19-38(34(40)30-21-26(2)37(24-30)20-18-27-12-6-5-7-13-27)33-17-11-10-16-32(33)35(41)39-25-29-15-9-8-14-28(29)22-31(39)23-36/h5-17,21,24,31H,3-4,18-20,22-23,25,36H2,1-2H3/t31-/m0/s1. The molecule has 1 aliphatic heterocycles. The van der Waals surface area contributed by atoms with E-state index in [0.29, 0.717) is 36.4 Å². The van der Waals surface area contributed by atoms with E-state index in [-0.39, 0.29) is 17.9 Å². The van der Waals surface area contributed by atoms with Crippen LogP contribution >= 0.6 is 0 Å². The van der Waals surface area contributed by atoms with Crippen LogP contribution in [0.4, 0.5) is 5.69 Å². The van der Waals surface area contributed by atoms with Crippen LogP contribution in [-0.4, -0.2) is 40.4 Å². The lowest BCUT2D eigenvalue weighted by molar-refractivity contribution is 0.0648. The van der Waals surface area contributed by atoms with Gasteiger partial charge in [-0.15, -0.1) is 0 Å². The predicted molar refractivity (Wildman–Crippen MR) is 165 cm³/mol. The summed E-state index contributed by atoms with van der Waals surface area (Å²) >= 11 is 0. The van der Waals surface area contributed by atoms with Crippen molar-refractivity contribution in [2.24, 2.45) is 5.73 Å². The molecule has 0 radical (unpaired) electrons. The third-order valence-electron chi connectivity index (χ3n) is 8.14. The Kier molecular flexibility index (Phi) is 9.00. The Balaban J connectivity index is 1.43. The van der Waals surface area contributed by atoms with E-state index in [1.54, 1.807) is 4.90 Å². The first-order valence-electron chi connectivity index (χ1n) is 14.7. The first-order chi connectivity index (χ1) is 20.0. The molecule has 0 spiro atoms. The fourth-order valence-corrected chi connectivity index (χ4v) is 5.75. The molecule has 41 heavy (non-hydrogen) atoms. The van der Waals surface area contributed by atoms with Gasteiger partial charge in [0.15, 0.2) is 0 Å². The summed E-state index contributed by atoms with van der Waals surface area (Å²) in [5, 5.41) is 0. The molecule has 5 rings (SSSR count). The van der Waals surface area contributed by atoms with Gasteiger partial charge in [0.1, 0.15) is 0 Å². The van der Waals surface area contributed by atoms with Crippen molar-refractivity contribution in [2.75, 3.05) is 18.0 Å². The summed E-state index contributed by atoms with van der Waals surface area (Å²) in [6, 6.07) is 28.0. The molecule has 0 saturated heterocycles. The van der Waals surface area contributed by atoms with E-state index in [9.17, 15) is 9.59 Å². The smallest absolute Gasteiger partial charge is 0.259 e. The summed E-state index contributed by atoms with van der Waals surface area (Å²) in [5.41, 5.74) is 12.7. The minimum absolute atomic E-state index is 0.0837. The van der Waals surface area contributed by atoms with Crippen LogP contribution in [0.2, 0.25) is 0 Å². The number of aromatic nitrogens is 1. The highest BCUT2D eigenvalue weighted by Gasteiger charge is 2.32. The van der Waals surface area contributed by atoms with Gasteiger partial charge >= 0.3 is 0 Å². The topological polar surface area (TPSA) is 71.6 Å². The normalized spacial score (nSPS) is 14.5. The second kappa shape index (κ2) is 13.0. The molecule has 6 nitrogen and oxygen atoms in total. The number of benzene rings is 3. The Morgan fingerprint density at radius 1 is 0.951 bits per heavy atom. The quantitative estimate of drug-likeness (QED) is 0.264. The summed E-state index contributed by atoms with van der Waals surface area (Å²) in [5.74, 6) is -0.170. The second-order valence-corrected chi connectivity index (χ2v) is 10.9. The Labute approximate surface area is 243 Å². The van der Waals surface area contributed by atoms with E-state index >= 15 is 0 Å². The highest BCUT2D eigenvalue weighted by atomic mass is 16.2. The van der Waals surface area contributed by atoms with Crippen LogP contribution in [0.25, 0.3) is 0 Å².